The molecule has 1 saturated carbocycles. The second-order valence-electron chi connectivity index (χ2n) is 6.08. The first-order valence-electron chi connectivity index (χ1n) is 8.19. The van der Waals surface area contributed by atoms with E-state index in [1.807, 2.05) is 6.07 Å². The van der Waals surface area contributed by atoms with Crippen molar-refractivity contribution in [2.45, 2.75) is 51.5 Å². The van der Waals surface area contributed by atoms with E-state index < -0.39 is 0 Å². The molecule has 1 aliphatic carbocycles. The Kier molecular flexibility index (Phi) is 6.37. The first-order valence-corrected chi connectivity index (χ1v) is 8.19. The third kappa shape index (κ3) is 4.63. The van der Waals surface area contributed by atoms with Crippen molar-refractivity contribution in [2.24, 2.45) is 5.92 Å². The molecule has 21 heavy (non-hydrogen) atoms. The van der Waals surface area contributed by atoms with Crippen molar-refractivity contribution >= 4 is 0 Å². The van der Waals surface area contributed by atoms with Crippen molar-refractivity contribution in [2.75, 3.05) is 20.8 Å². The van der Waals surface area contributed by atoms with E-state index in [1.165, 1.54) is 37.7 Å². The van der Waals surface area contributed by atoms with Crippen molar-refractivity contribution in [1.29, 1.82) is 0 Å². The zero-order valence-electron chi connectivity index (χ0n) is 13.7. The Morgan fingerprint density at radius 1 is 1.10 bits per heavy atom. The molecule has 3 heteroatoms. The van der Waals surface area contributed by atoms with Gasteiger partial charge in [0.2, 0.25) is 0 Å². The Labute approximate surface area is 129 Å². The molecule has 3 nitrogen and oxygen atoms in total. The van der Waals surface area contributed by atoms with Gasteiger partial charge in [-0.2, -0.15) is 0 Å². The summed E-state index contributed by atoms with van der Waals surface area (Å²) in [5, 5.41) is 3.69. The molecule has 1 aromatic rings. The maximum atomic E-state index is 5.35. The summed E-state index contributed by atoms with van der Waals surface area (Å²) >= 11 is 0. The molecule has 2 rings (SSSR count). The van der Waals surface area contributed by atoms with Gasteiger partial charge in [0.15, 0.2) is 11.5 Å². The van der Waals surface area contributed by atoms with E-state index in [0.717, 1.165) is 30.4 Å². The van der Waals surface area contributed by atoms with E-state index in [4.69, 9.17) is 9.47 Å². The third-order valence-electron chi connectivity index (χ3n) is 4.68. The van der Waals surface area contributed by atoms with E-state index in [0.29, 0.717) is 6.04 Å². The third-order valence-corrected chi connectivity index (χ3v) is 4.68. The molecule has 1 aliphatic rings. The highest BCUT2D eigenvalue weighted by Crippen LogP contribution is 2.28. The molecule has 1 N–H and O–H groups in total. The molecule has 0 spiro atoms. The minimum Gasteiger partial charge on any atom is -0.493 e. The minimum absolute atomic E-state index is 0.630. The maximum Gasteiger partial charge on any atom is 0.160 e. The molecule has 0 bridgehead atoms. The Morgan fingerprint density at radius 2 is 1.81 bits per heavy atom. The first kappa shape index (κ1) is 16.2. The molecule has 0 heterocycles. The summed E-state index contributed by atoms with van der Waals surface area (Å²) in [5.41, 5.74) is 1.29. The predicted molar refractivity (Wildman–Crippen MR) is 87.3 cm³/mol. The van der Waals surface area contributed by atoms with Crippen LogP contribution < -0.4 is 14.8 Å². The van der Waals surface area contributed by atoms with Gasteiger partial charge in [-0.05, 0) is 56.3 Å². The fraction of sp³-hybridized carbons (Fsp3) is 0.667. The lowest BCUT2D eigenvalue weighted by molar-refractivity contribution is 0.282. The fourth-order valence-corrected chi connectivity index (χ4v) is 3.28. The molecule has 0 amide bonds. The first-order chi connectivity index (χ1) is 10.2. The van der Waals surface area contributed by atoms with Crippen molar-refractivity contribution in [3.63, 3.8) is 0 Å². The largest absolute Gasteiger partial charge is 0.493 e. The number of rotatable bonds is 7. The Morgan fingerprint density at radius 3 is 2.48 bits per heavy atom. The van der Waals surface area contributed by atoms with Crippen LogP contribution in [0.2, 0.25) is 0 Å². The highest BCUT2D eigenvalue weighted by atomic mass is 16.5. The van der Waals surface area contributed by atoms with Crippen molar-refractivity contribution in [3.8, 4) is 11.5 Å². The van der Waals surface area contributed by atoms with Crippen LogP contribution in [0.25, 0.3) is 0 Å². The molecule has 0 saturated heterocycles. The number of hydrogen-bond acceptors (Lipinski definition) is 3. The quantitative estimate of drug-likeness (QED) is 0.829. The lowest BCUT2D eigenvalue weighted by Crippen LogP contribution is -2.35. The van der Waals surface area contributed by atoms with Gasteiger partial charge < -0.3 is 14.8 Å². The van der Waals surface area contributed by atoms with E-state index in [1.54, 1.807) is 14.2 Å². The highest BCUT2D eigenvalue weighted by molar-refractivity contribution is 5.42. The van der Waals surface area contributed by atoms with Gasteiger partial charge in [0, 0.05) is 6.04 Å². The molecular weight excluding hydrogens is 262 g/mol. The van der Waals surface area contributed by atoms with Crippen LogP contribution in [0.3, 0.4) is 0 Å². The number of hydrogen-bond donors (Lipinski definition) is 1. The van der Waals surface area contributed by atoms with E-state index in [9.17, 15) is 0 Å². The lowest BCUT2D eigenvalue weighted by Gasteiger charge is -2.28. The van der Waals surface area contributed by atoms with Crippen LogP contribution in [0.15, 0.2) is 18.2 Å². The Bertz CT molecular complexity index is 427. The maximum absolute atomic E-state index is 5.35. The summed E-state index contributed by atoms with van der Waals surface area (Å²) in [7, 11) is 3.36. The number of nitrogens with one attached hydrogen (secondary N) is 1. The molecule has 0 aliphatic heterocycles. The van der Waals surface area contributed by atoms with Gasteiger partial charge in [0.1, 0.15) is 0 Å². The minimum atomic E-state index is 0.630. The van der Waals surface area contributed by atoms with Crippen LogP contribution in [0.1, 0.15) is 44.6 Å². The van der Waals surface area contributed by atoms with Gasteiger partial charge in [0.25, 0.3) is 0 Å². The van der Waals surface area contributed by atoms with Gasteiger partial charge in [-0.1, -0.05) is 25.3 Å². The van der Waals surface area contributed by atoms with Crippen LogP contribution in [-0.4, -0.2) is 26.8 Å². The highest BCUT2D eigenvalue weighted by Gasteiger charge is 2.19. The summed E-state index contributed by atoms with van der Waals surface area (Å²) < 4.78 is 10.6. The second-order valence-corrected chi connectivity index (χ2v) is 6.08. The average Bonchev–Trinajstić information content (AvgIpc) is 2.55. The standard InChI is InChI=1S/C18H29NO2/c1-14(16-7-5-4-6-8-16)19-12-11-15-9-10-17(20-2)18(13-15)21-3/h9-10,13-14,16,19H,4-8,11-12H2,1-3H3. The number of methoxy groups -OCH3 is 2. The Hall–Kier alpha value is -1.22. The average molecular weight is 291 g/mol. The predicted octanol–water partition coefficient (Wildman–Crippen LogP) is 3.80. The van der Waals surface area contributed by atoms with Crippen LogP contribution in [0.4, 0.5) is 0 Å². The van der Waals surface area contributed by atoms with E-state index in [2.05, 4.69) is 24.4 Å². The molecule has 118 valence electrons. The summed E-state index contributed by atoms with van der Waals surface area (Å²) in [6, 6.07) is 6.81. The van der Waals surface area contributed by atoms with Gasteiger partial charge in [-0.25, -0.2) is 0 Å². The zero-order chi connectivity index (χ0) is 15.1. The van der Waals surface area contributed by atoms with Gasteiger partial charge in [-0.15, -0.1) is 0 Å². The summed E-state index contributed by atoms with van der Waals surface area (Å²) in [4.78, 5) is 0. The summed E-state index contributed by atoms with van der Waals surface area (Å²) in [5.74, 6) is 2.48. The molecular formula is C18H29NO2. The van der Waals surface area contributed by atoms with Crippen LogP contribution in [0.5, 0.6) is 11.5 Å². The van der Waals surface area contributed by atoms with Crippen LogP contribution in [0, 0.1) is 5.92 Å². The normalized spacial score (nSPS) is 17.5. The molecule has 1 fully saturated rings. The van der Waals surface area contributed by atoms with Crippen LogP contribution >= 0.6 is 0 Å². The fourth-order valence-electron chi connectivity index (χ4n) is 3.28. The van der Waals surface area contributed by atoms with Gasteiger partial charge in [-0.3, -0.25) is 0 Å². The molecule has 1 atom stereocenters. The van der Waals surface area contributed by atoms with Gasteiger partial charge in [0.05, 0.1) is 14.2 Å². The van der Waals surface area contributed by atoms with Crippen molar-refractivity contribution in [1.82, 2.24) is 5.32 Å². The molecule has 0 radical (unpaired) electrons. The monoisotopic (exact) mass is 291 g/mol. The van der Waals surface area contributed by atoms with Gasteiger partial charge >= 0.3 is 0 Å². The van der Waals surface area contributed by atoms with Crippen LogP contribution in [-0.2, 0) is 6.42 Å². The van der Waals surface area contributed by atoms with E-state index >= 15 is 0 Å². The Balaban J connectivity index is 1.80. The second kappa shape index (κ2) is 8.28. The smallest absolute Gasteiger partial charge is 0.160 e. The lowest BCUT2D eigenvalue weighted by atomic mass is 9.84. The summed E-state index contributed by atoms with van der Waals surface area (Å²) in [6.07, 6.45) is 8.06. The summed E-state index contributed by atoms with van der Waals surface area (Å²) in [6.45, 7) is 3.36. The van der Waals surface area contributed by atoms with E-state index in [-0.39, 0.29) is 0 Å². The number of ether oxygens (including phenoxy) is 2. The molecule has 0 aromatic heterocycles. The number of benzene rings is 1. The SMILES string of the molecule is COc1ccc(CCNC(C)C2CCCCC2)cc1OC. The zero-order valence-corrected chi connectivity index (χ0v) is 13.7. The molecule has 1 aromatic carbocycles. The van der Waals surface area contributed by atoms with Crippen molar-refractivity contribution < 1.29 is 9.47 Å². The topological polar surface area (TPSA) is 30.5 Å². The molecule has 1 unspecified atom stereocenters. The van der Waals surface area contributed by atoms with Crippen molar-refractivity contribution in [3.05, 3.63) is 23.8 Å².